The van der Waals surface area contributed by atoms with E-state index in [0.29, 0.717) is 25.4 Å². The molecule has 1 aliphatic rings. The summed E-state index contributed by atoms with van der Waals surface area (Å²) in [5, 5.41) is 17.3. The summed E-state index contributed by atoms with van der Waals surface area (Å²) in [6, 6.07) is 9.55. The van der Waals surface area contributed by atoms with Crippen LogP contribution < -0.4 is 5.32 Å². The van der Waals surface area contributed by atoms with Crippen LogP contribution in [0.2, 0.25) is 5.02 Å². The smallest absolute Gasteiger partial charge is 0.162 e. The van der Waals surface area contributed by atoms with Crippen LogP contribution in [-0.4, -0.2) is 29.0 Å². The number of halogens is 1. The van der Waals surface area contributed by atoms with Gasteiger partial charge in [0.2, 0.25) is 0 Å². The van der Waals surface area contributed by atoms with Crippen molar-refractivity contribution in [1.29, 1.82) is 0 Å². The third-order valence-corrected chi connectivity index (χ3v) is 3.87. The largest absolute Gasteiger partial charge is 0.388 e. The van der Waals surface area contributed by atoms with Gasteiger partial charge in [0.25, 0.3) is 0 Å². The summed E-state index contributed by atoms with van der Waals surface area (Å²) < 4.78 is 10.4. The second kappa shape index (κ2) is 6.15. The SMILES string of the molecule is OCc1cc(CC2(NCc3ccc(Cl)cc3)COC2)no1. The van der Waals surface area contributed by atoms with E-state index in [9.17, 15) is 0 Å². The van der Waals surface area contributed by atoms with Crippen molar-refractivity contribution in [3.8, 4) is 0 Å². The number of nitrogens with zero attached hydrogens (tertiary/aromatic N) is 1. The lowest BCUT2D eigenvalue weighted by molar-refractivity contribution is -0.0755. The molecule has 0 bridgehead atoms. The Morgan fingerprint density at radius 1 is 1.29 bits per heavy atom. The van der Waals surface area contributed by atoms with Gasteiger partial charge in [-0.15, -0.1) is 0 Å². The first-order valence-corrected chi connectivity index (χ1v) is 7.19. The fourth-order valence-corrected chi connectivity index (χ4v) is 2.49. The Bertz CT molecular complexity index is 593. The highest BCUT2D eigenvalue weighted by Crippen LogP contribution is 2.23. The van der Waals surface area contributed by atoms with Crippen molar-refractivity contribution in [3.63, 3.8) is 0 Å². The minimum Gasteiger partial charge on any atom is -0.388 e. The molecule has 21 heavy (non-hydrogen) atoms. The topological polar surface area (TPSA) is 67.5 Å². The van der Waals surface area contributed by atoms with E-state index in [1.807, 2.05) is 24.3 Å². The van der Waals surface area contributed by atoms with Gasteiger partial charge in [0, 0.05) is 24.1 Å². The van der Waals surface area contributed by atoms with Crippen LogP contribution in [0.3, 0.4) is 0 Å². The van der Waals surface area contributed by atoms with Gasteiger partial charge in [-0.1, -0.05) is 28.9 Å². The van der Waals surface area contributed by atoms with Gasteiger partial charge in [-0.05, 0) is 17.7 Å². The van der Waals surface area contributed by atoms with Crippen molar-refractivity contribution < 1.29 is 14.4 Å². The summed E-state index contributed by atoms with van der Waals surface area (Å²) in [4.78, 5) is 0. The highest BCUT2D eigenvalue weighted by Gasteiger charge is 2.39. The van der Waals surface area contributed by atoms with Crippen LogP contribution in [0.25, 0.3) is 0 Å². The van der Waals surface area contributed by atoms with Crippen molar-refractivity contribution in [1.82, 2.24) is 10.5 Å². The van der Waals surface area contributed by atoms with E-state index in [-0.39, 0.29) is 12.1 Å². The van der Waals surface area contributed by atoms with Gasteiger partial charge in [0.15, 0.2) is 5.76 Å². The Balaban J connectivity index is 1.62. The Hall–Kier alpha value is -1.40. The molecule has 112 valence electrons. The average molecular weight is 309 g/mol. The zero-order valence-electron chi connectivity index (χ0n) is 11.5. The first-order valence-electron chi connectivity index (χ1n) is 6.82. The molecule has 1 aliphatic heterocycles. The Labute approximate surface area is 127 Å². The standard InChI is InChI=1S/C15H17ClN2O3/c16-12-3-1-11(2-4-12)7-17-15(9-20-10-15)6-13-5-14(8-19)21-18-13/h1-5,17,19H,6-10H2. The second-order valence-corrected chi connectivity index (χ2v) is 5.81. The fourth-order valence-electron chi connectivity index (χ4n) is 2.37. The van der Waals surface area contributed by atoms with Crippen molar-refractivity contribution in [3.05, 3.63) is 52.4 Å². The van der Waals surface area contributed by atoms with E-state index in [0.717, 1.165) is 17.3 Å². The molecule has 1 saturated heterocycles. The van der Waals surface area contributed by atoms with Crippen molar-refractivity contribution in [2.75, 3.05) is 13.2 Å². The van der Waals surface area contributed by atoms with Crippen LogP contribution in [-0.2, 0) is 24.3 Å². The van der Waals surface area contributed by atoms with Crippen LogP contribution in [0, 0.1) is 0 Å². The van der Waals surface area contributed by atoms with Gasteiger partial charge < -0.3 is 19.7 Å². The number of ether oxygens (including phenoxy) is 1. The van der Waals surface area contributed by atoms with Crippen LogP contribution in [0.1, 0.15) is 17.0 Å². The van der Waals surface area contributed by atoms with E-state index in [1.54, 1.807) is 6.07 Å². The highest BCUT2D eigenvalue weighted by molar-refractivity contribution is 6.30. The van der Waals surface area contributed by atoms with Crippen LogP contribution in [0.4, 0.5) is 0 Å². The number of hydrogen-bond donors (Lipinski definition) is 2. The number of benzene rings is 1. The van der Waals surface area contributed by atoms with Crippen molar-refractivity contribution >= 4 is 11.6 Å². The Morgan fingerprint density at radius 3 is 2.62 bits per heavy atom. The number of rotatable bonds is 6. The lowest BCUT2D eigenvalue weighted by atomic mass is 9.91. The van der Waals surface area contributed by atoms with E-state index in [2.05, 4.69) is 10.5 Å². The van der Waals surface area contributed by atoms with Gasteiger partial charge in [-0.2, -0.15) is 0 Å². The van der Waals surface area contributed by atoms with Gasteiger partial charge >= 0.3 is 0 Å². The maximum Gasteiger partial charge on any atom is 0.162 e. The number of nitrogens with one attached hydrogen (secondary N) is 1. The molecule has 6 heteroatoms. The molecule has 0 spiro atoms. The van der Waals surface area contributed by atoms with E-state index >= 15 is 0 Å². The van der Waals surface area contributed by atoms with E-state index in [4.69, 9.17) is 26.0 Å². The van der Waals surface area contributed by atoms with Crippen LogP contribution in [0.5, 0.6) is 0 Å². The molecule has 1 aromatic heterocycles. The molecule has 0 radical (unpaired) electrons. The zero-order valence-corrected chi connectivity index (χ0v) is 12.3. The van der Waals surface area contributed by atoms with Gasteiger partial charge in [-0.3, -0.25) is 0 Å². The minimum absolute atomic E-state index is 0.122. The third-order valence-electron chi connectivity index (χ3n) is 3.62. The molecule has 5 nitrogen and oxygen atoms in total. The zero-order chi connectivity index (χ0) is 14.7. The maximum atomic E-state index is 9.01. The quantitative estimate of drug-likeness (QED) is 0.853. The normalized spacial score (nSPS) is 16.7. The number of aliphatic hydroxyl groups is 1. The highest BCUT2D eigenvalue weighted by atomic mass is 35.5. The summed E-state index contributed by atoms with van der Waals surface area (Å²) in [6.07, 6.45) is 0.712. The second-order valence-electron chi connectivity index (χ2n) is 5.37. The van der Waals surface area contributed by atoms with Gasteiger partial charge in [0.1, 0.15) is 6.61 Å². The van der Waals surface area contributed by atoms with E-state index in [1.165, 1.54) is 5.56 Å². The average Bonchev–Trinajstić information content (AvgIpc) is 2.91. The minimum atomic E-state index is -0.130. The Kier molecular flexibility index (Phi) is 4.26. The molecule has 3 rings (SSSR count). The summed E-state index contributed by atoms with van der Waals surface area (Å²) in [5.41, 5.74) is 1.87. The molecule has 2 N–H and O–H groups in total. The number of hydrogen-bond acceptors (Lipinski definition) is 5. The molecule has 0 saturated carbocycles. The van der Waals surface area contributed by atoms with Crippen LogP contribution >= 0.6 is 11.6 Å². The Morgan fingerprint density at radius 2 is 2.05 bits per heavy atom. The molecule has 1 fully saturated rings. The lowest BCUT2D eigenvalue weighted by Gasteiger charge is -2.42. The molecular weight excluding hydrogens is 292 g/mol. The van der Waals surface area contributed by atoms with Gasteiger partial charge in [-0.25, -0.2) is 0 Å². The molecule has 1 aromatic carbocycles. The first-order chi connectivity index (χ1) is 10.2. The van der Waals surface area contributed by atoms with E-state index < -0.39 is 0 Å². The van der Waals surface area contributed by atoms with Crippen molar-refractivity contribution in [2.45, 2.75) is 25.1 Å². The predicted octanol–water partition coefficient (Wildman–Crippen LogP) is 1.92. The summed E-state index contributed by atoms with van der Waals surface area (Å²) in [6.45, 7) is 1.89. The van der Waals surface area contributed by atoms with Crippen LogP contribution in [0.15, 0.2) is 34.9 Å². The molecule has 0 atom stereocenters. The predicted molar refractivity (Wildman–Crippen MR) is 78.0 cm³/mol. The maximum absolute atomic E-state index is 9.01. The molecular formula is C15H17ClN2O3. The summed E-state index contributed by atoms with van der Waals surface area (Å²) in [7, 11) is 0. The fraction of sp³-hybridized carbons (Fsp3) is 0.400. The lowest BCUT2D eigenvalue weighted by Crippen LogP contribution is -2.61. The third kappa shape index (κ3) is 3.44. The number of aromatic nitrogens is 1. The number of aliphatic hydroxyl groups excluding tert-OH is 1. The van der Waals surface area contributed by atoms with Crippen molar-refractivity contribution in [2.24, 2.45) is 0 Å². The molecule has 2 heterocycles. The molecule has 0 amide bonds. The first kappa shape index (κ1) is 14.5. The van der Waals surface area contributed by atoms with Gasteiger partial charge in [0.05, 0.1) is 24.4 Å². The summed E-state index contributed by atoms with van der Waals surface area (Å²) >= 11 is 5.88. The summed E-state index contributed by atoms with van der Waals surface area (Å²) in [5.74, 6) is 0.484. The molecule has 0 unspecified atom stereocenters. The molecule has 2 aromatic rings. The molecule has 0 aliphatic carbocycles. The monoisotopic (exact) mass is 308 g/mol.